The minimum absolute atomic E-state index is 0.140. The highest BCUT2D eigenvalue weighted by Gasteiger charge is 2.34. The number of hydrogen-bond acceptors (Lipinski definition) is 6. The first-order chi connectivity index (χ1) is 14.6. The summed E-state index contributed by atoms with van der Waals surface area (Å²) in [7, 11) is -1.48. The summed E-state index contributed by atoms with van der Waals surface area (Å²) in [5, 5.41) is 23.1. The molecule has 152 valence electrons. The van der Waals surface area contributed by atoms with Crippen LogP contribution in [0.25, 0.3) is 0 Å². The smallest absolute Gasteiger partial charge is 0.423 e. The van der Waals surface area contributed by atoms with Crippen LogP contribution in [0, 0.1) is 0 Å². The molecule has 0 saturated carbocycles. The van der Waals surface area contributed by atoms with E-state index in [9.17, 15) is 10.0 Å². The summed E-state index contributed by atoms with van der Waals surface area (Å²) in [6.07, 6.45) is 3.80. The summed E-state index contributed by atoms with van der Waals surface area (Å²) in [4.78, 5) is 12.0. The molecule has 6 nitrogen and oxygen atoms in total. The van der Waals surface area contributed by atoms with Crippen molar-refractivity contribution in [1.29, 1.82) is 0 Å². The fourth-order valence-electron chi connectivity index (χ4n) is 4.67. The van der Waals surface area contributed by atoms with E-state index in [2.05, 4.69) is 29.3 Å². The summed E-state index contributed by atoms with van der Waals surface area (Å²) >= 11 is 0. The Balaban J connectivity index is 1.52. The number of nitrogens with zero attached hydrogens (tertiary/aromatic N) is 3. The molecule has 0 radical (unpaired) electrons. The monoisotopic (exact) mass is 400 g/mol. The highest BCUT2D eigenvalue weighted by molar-refractivity contribution is 6.59. The summed E-state index contributed by atoms with van der Waals surface area (Å²) < 4.78 is 0. The first-order valence-corrected chi connectivity index (χ1v) is 10.6. The van der Waals surface area contributed by atoms with Crippen LogP contribution in [0.1, 0.15) is 35.7 Å². The van der Waals surface area contributed by atoms with Crippen LogP contribution in [-0.4, -0.2) is 33.2 Å². The maximum absolute atomic E-state index is 9.78. The molecular formula is C23H25BN4O2. The van der Waals surface area contributed by atoms with Crippen molar-refractivity contribution in [3.8, 4) is 0 Å². The van der Waals surface area contributed by atoms with E-state index in [4.69, 9.17) is 9.97 Å². The van der Waals surface area contributed by atoms with Crippen LogP contribution in [0.5, 0.6) is 0 Å². The van der Waals surface area contributed by atoms with Crippen molar-refractivity contribution in [1.82, 2.24) is 9.97 Å². The number of benzene rings is 2. The van der Waals surface area contributed by atoms with Crippen LogP contribution < -0.4 is 15.7 Å². The quantitative estimate of drug-likeness (QED) is 0.571. The zero-order valence-electron chi connectivity index (χ0n) is 17.0. The average Bonchev–Trinajstić information content (AvgIpc) is 3.35. The highest BCUT2D eigenvalue weighted by Crippen LogP contribution is 2.38. The van der Waals surface area contributed by atoms with Gasteiger partial charge in [-0.3, -0.25) is 0 Å². The van der Waals surface area contributed by atoms with E-state index in [1.165, 1.54) is 11.1 Å². The molecule has 0 bridgehead atoms. The molecule has 1 aliphatic carbocycles. The van der Waals surface area contributed by atoms with E-state index < -0.39 is 7.12 Å². The molecule has 2 heterocycles. The molecule has 3 N–H and O–H groups in total. The Morgan fingerprint density at radius 2 is 1.87 bits per heavy atom. The number of nitrogens with one attached hydrogen (secondary N) is 1. The average molecular weight is 400 g/mol. The van der Waals surface area contributed by atoms with Gasteiger partial charge >= 0.3 is 7.12 Å². The minimum atomic E-state index is -1.48. The first-order valence-electron chi connectivity index (χ1n) is 10.6. The zero-order chi connectivity index (χ0) is 20.7. The van der Waals surface area contributed by atoms with Gasteiger partial charge in [0.15, 0.2) is 0 Å². The summed E-state index contributed by atoms with van der Waals surface area (Å²) in [6, 6.07) is 16.1. The third-order valence-corrected chi connectivity index (χ3v) is 6.11. The van der Waals surface area contributed by atoms with E-state index in [0.29, 0.717) is 11.4 Å². The van der Waals surface area contributed by atoms with Gasteiger partial charge in [0.2, 0.25) is 5.95 Å². The van der Waals surface area contributed by atoms with Crippen molar-refractivity contribution in [3.63, 3.8) is 0 Å². The molecule has 0 saturated heterocycles. The highest BCUT2D eigenvalue weighted by atomic mass is 16.4. The van der Waals surface area contributed by atoms with Crippen LogP contribution in [0.3, 0.4) is 0 Å². The normalized spacial score (nSPS) is 17.0. The van der Waals surface area contributed by atoms with Gasteiger partial charge in [-0.05, 0) is 55.3 Å². The van der Waals surface area contributed by atoms with E-state index in [0.717, 1.165) is 55.0 Å². The molecule has 1 atom stereocenters. The van der Waals surface area contributed by atoms with Gasteiger partial charge in [-0.2, -0.15) is 4.98 Å². The van der Waals surface area contributed by atoms with Crippen molar-refractivity contribution in [2.24, 2.45) is 0 Å². The Morgan fingerprint density at radius 1 is 1.03 bits per heavy atom. The molecule has 2 aromatic carbocycles. The lowest BCUT2D eigenvalue weighted by atomic mass is 9.76. The Bertz CT molecular complexity index is 1070. The molecule has 0 amide bonds. The van der Waals surface area contributed by atoms with Crippen molar-refractivity contribution in [2.45, 2.75) is 45.2 Å². The van der Waals surface area contributed by atoms with E-state index in [-0.39, 0.29) is 6.04 Å². The van der Waals surface area contributed by atoms with Gasteiger partial charge in [-0.1, -0.05) is 42.5 Å². The minimum Gasteiger partial charge on any atom is -0.423 e. The van der Waals surface area contributed by atoms with Crippen LogP contribution >= 0.6 is 0 Å². The Labute approximate surface area is 176 Å². The Hall–Kier alpha value is -2.90. The van der Waals surface area contributed by atoms with Gasteiger partial charge < -0.3 is 20.3 Å². The molecule has 5 rings (SSSR count). The number of fused-ring (bicyclic) bond motifs is 2. The second kappa shape index (κ2) is 7.74. The molecule has 1 unspecified atom stereocenters. The molecule has 1 aromatic heterocycles. The summed E-state index contributed by atoms with van der Waals surface area (Å²) in [5.41, 5.74) is 6.04. The Kier molecular flexibility index (Phi) is 4.93. The maximum Gasteiger partial charge on any atom is 0.488 e. The van der Waals surface area contributed by atoms with Crippen molar-refractivity contribution < 1.29 is 10.0 Å². The van der Waals surface area contributed by atoms with Crippen LogP contribution in [0.4, 0.5) is 17.5 Å². The third kappa shape index (κ3) is 3.34. The summed E-state index contributed by atoms with van der Waals surface area (Å²) in [5.74, 6) is 1.59. The zero-order valence-corrected chi connectivity index (χ0v) is 17.0. The molecule has 1 aliphatic heterocycles. The second-order valence-electron chi connectivity index (χ2n) is 8.13. The molecule has 0 fully saturated rings. The van der Waals surface area contributed by atoms with Crippen molar-refractivity contribution in [3.05, 3.63) is 70.9 Å². The predicted octanol–water partition coefficient (Wildman–Crippen LogP) is 2.34. The predicted molar refractivity (Wildman–Crippen MR) is 119 cm³/mol. The standard InChI is InChI=1S/C23H25BN4O2/c1-15-13-18-19(24(29)30)10-6-12-21(18)28(15)23-26-20-11-5-9-17(20)22(27-23)25-14-16-7-3-2-4-8-16/h2-4,6-8,10,12,15,29-30H,5,9,11,13-14H2,1H3,(H,25,26,27). The van der Waals surface area contributed by atoms with Gasteiger partial charge in [0.25, 0.3) is 0 Å². The summed E-state index contributed by atoms with van der Waals surface area (Å²) in [6.45, 7) is 2.85. The topological polar surface area (TPSA) is 81.5 Å². The van der Waals surface area contributed by atoms with Crippen molar-refractivity contribution >= 4 is 30.0 Å². The fraction of sp³-hybridized carbons (Fsp3) is 0.304. The van der Waals surface area contributed by atoms with Gasteiger partial charge in [-0.25, -0.2) is 4.98 Å². The number of rotatable bonds is 5. The van der Waals surface area contributed by atoms with Gasteiger partial charge in [0, 0.05) is 23.8 Å². The maximum atomic E-state index is 9.78. The largest absolute Gasteiger partial charge is 0.488 e. The second-order valence-corrected chi connectivity index (χ2v) is 8.13. The number of anilines is 3. The van der Waals surface area contributed by atoms with Gasteiger partial charge in [0.05, 0.1) is 5.69 Å². The van der Waals surface area contributed by atoms with Crippen LogP contribution in [0.15, 0.2) is 48.5 Å². The SMILES string of the molecule is CC1Cc2c(B(O)O)cccc2N1c1nc2c(c(NCc3ccccc3)n1)CCC2. The number of hydrogen-bond donors (Lipinski definition) is 3. The molecular weight excluding hydrogens is 375 g/mol. The van der Waals surface area contributed by atoms with E-state index in [1.807, 2.05) is 30.3 Å². The van der Waals surface area contributed by atoms with Gasteiger partial charge in [-0.15, -0.1) is 0 Å². The third-order valence-electron chi connectivity index (χ3n) is 6.11. The first kappa shape index (κ1) is 19.1. The molecule has 2 aliphatic rings. The van der Waals surface area contributed by atoms with E-state index in [1.54, 1.807) is 6.07 Å². The van der Waals surface area contributed by atoms with Gasteiger partial charge in [0.1, 0.15) is 5.82 Å². The fourth-order valence-corrected chi connectivity index (χ4v) is 4.67. The van der Waals surface area contributed by atoms with Crippen LogP contribution in [-0.2, 0) is 25.8 Å². The number of aryl methyl sites for hydroxylation is 1. The molecule has 7 heteroatoms. The van der Waals surface area contributed by atoms with E-state index >= 15 is 0 Å². The lowest BCUT2D eigenvalue weighted by Gasteiger charge is -2.24. The van der Waals surface area contributed by atoms with Crippen LogP contribution in [0.2, 0.25) is 0 Å². The lowest BCUT2D eigenvalue weighted by Crippen LogP contribution is -2.32. The number of aromatic nitrogens is 2. The molecule has 30 heavy (non-hydrogen) atoms. The molecule has 3 aromatic rings. The van der Waals surface area contributed by atoms with Crippen molar-refractivity contribution in [2.75, 3.05) is 10.2 Å². The lowest BCUT2D eigenvalue weighted by molar-refractivity contribution is 0.425. The Morgan fingerprint density at radius 3 is 2.67 bits per heavy atom. The molecule has 0 spiro atoms.